The lowest BCUT2D eigenvalue weighted by atomic mass is 9.88. The Morgan fingerprint density at radius 1 is 1.40 bits per heavy atom. The van der Waals surface area contributed by atoms with E-state index in [1.165, 1.54) is 12.4 Å². The molecule has 1 rings (SSSR count). The standard InChI is InChI=1S/C11H14F3N3O3/c1-10(2,11(12,13)14)3-8(18)16-7-4-15-17(5-7)6-9(19)20/h4-5H,3,6H2,1-2H3,(H,16,18)(H,19,20). The van der Waals surface area contributed by atoms with Gasteiger partial charge in [0.25, 0.3) is 0 Å². The first-order valence-corrected chi connectivity index (χ1v) is 5.62. The van der Waals surface area contributed by atoms with Gasteiger partial charge in [0.1, 0.15) is 6.54 Å². The molecule has 2 N–H and O–H groups in total. The molecule has 0 radical (unpaired) electrons. The van der Waals surface area contributed by atoms with Crippen molar-refractivity contribution in [3.8, 4) is 0 Å². The van der Waals surface area contributed by atoms with Crippen LogP contribution in [0, 0.1) is 5.41 Å². The van der Waals surface area contributed by atoms with Crippen LogP contribution in [-0.2, 0) is 16.1 Å². The van der Waals surface area contributed by atoms with Gasteiger partial charge in [-0.2, -0.15) is 18.3 Å². The quantitative estimate of drug-likeness (QED) is 0.868. The summed E-state index contributed by atoms with van der Waals surface area (Å²) in [6, 6.07) is 0. The Kier molecular flexibility index (Phi) is 4.41. The number of hydrogen-bond acceptors (Lipinski definition) is 3. The molecule has 0 aromatic carbocycles. The molecule has 0 aliphatic rings. The number of alkyl halides is 3. The second-order valence-electron chi connectivity index (χ2n) is 4.93. The van der Waals surface area contributed by atoms with E-state index in [4.69, 9.17) is 5.11 Å². The van der Waals surface area contributed by atoms with Gasteiger partial charge in [0, 0.05) is 12.6 Å². The average Bonchev–Trinajstić information content (AvgIpc) is 2.61. The lowest BCUT2D eigenvalue weighted by Gasteiger charge is -2.26. The van der Waals surface area contributed by atoms with Crippen LogP contribution in [0.4, 0.5) is 18.9 Å². The van der Waals surface area contributed by atoms with E-state index in [9.17, 15) is 22.8 Å². The normalized spacial score (nSPS) is 12.2. The van der Waals surface area contributed by atoms with Gasteiger partial charge in [0.2, 0.25) is 5.91 Å². The predicted molar refractivity (Wildman–Crippen MR) is 62.9 cm³/mol. The van der Waals surface area contributed by atoms with Crippen LogP contribution in [0.2, 0.25) is 0 Å². The Morgan fingerprint density at radius 3 is 2.50 bits per heavy atom. The lowest BCUT2D eigenvalue weighted by Crippen LogP contribution is -2.35. The number of aliphatic carboxylic acids is 1. The number of rotatable bonds is 5. The average molecular weight is 293 g/mol. The third-order valence-electron chi connectivity index (χ3n) is 2.58. The molecule has 1 aromatic heterocycles. The highest BCUT2D eigenvalue weighted by Crippen LogP contribution is 2.40. The van der Waals surface area contributed by atoms with Gasteiger partial charge < -0.3 is 10.4 Å². The van der Waals surface area contributed by atoms with Gasteiger partial charge >= 0.3 is 12.1 Å². The summed E-state index contributed by atoms with van der Waals surface area (Å²) >= 11 is 0. The Labute approximate surface area is 112 Å². The van der Waals surface area contributed by atoms with Gasteiger partial charge in [0.05, 0.1) is 17.3 Å². The molecule has 0 fully saturated rings. The smallest absolute Gasteiger partial charge is 0.394 e. The Bertz CT molecular complexity index is 509. The Hall–Kier alpha value is -2.06. The van der Waals surface area contributed by atoms with Crippen molar-refractivity contribution in [2.45, 2.75) is 33.0 Å². The summed E-state index contributed by atoms with van der Waals surface area (Å²) < 4.78 is 38.9. The van der Waals surface area contributed by atoms with Crippen LogP contribution in [-0.4, -0.2) is 32.9 Å². The molecular weight excluding hydrogens is 279 g/mol. The number of hydrogen-bond donors (Lipinski definition) is 2. The van der Waals surface area contributed by atoms with Crippen molar-refractivity contribution in [3.05, 3.63) is 12.4 Å². The van der Waals surface area contributed by atoms with Gasteiger partial charge in [-0.15, -0.1) is 0 Å². The third-order valence-corrected chi connectivity index (χ3v) is 2.58. The van der Waals surface area contributed by atoms with E-state index in [0.717, 1.165) is 18.5 Å². The predicted octanol–water partition coefficient (Wildman–Crippen LogP) is 1.88. The minimum atomic E-state index is -4.49. The number of carboxylic acids is 1. The zero-order valence-corrected chi connectivity index (χ0v) is 10.9. The SMILES string of the molecule is CC(C)(CC(=O)Nc1cnn(CC(=O)O)c1)C(F)(F)F. The van der Waals surface area contributed by atoms with Gasteiger partial charge in [-0.25, -0.2) is 0 Å². The molecule has 0 saturated heterocycles. The van der Waals surface area contributed by atoms with Crippen molar-refractivity contribution in [2.75, 3.05) is 5.32 Å². The molecule has 6 nitrogen and oxygen atoms in total. The van der Waals surface area contributed by atoms with Crippen LogP contribution < -0.4 is 5.32 Å². The van der Waals surface area contributed by atoms with Crippen LogP contribution in [0.15, 0.2) is 12.4 Å². The molecule has 1 amide bonds. The summed E-state index contributed by atoms with van der Waals surface area (Å²) in [4.78, 5) is 22.0. The van der Waals surface area contributed by atoms with E-state index < -0.39 is 36.4 Å². The molecule has 0 saturated carbocycles. The molecule has 0 aliphatic carbocycles. The van der Waals surface area contributed by atoms with E-state index >= 15 is 0 Å². The number of nitrogens with one attached hydrogen (secondary N) is 1. The first-order valence-electron chi connectivity index (χ1n) is 5.62. The number of carboxylic acid groups (broad SMARTS) is 1. The maximum Gasteiger partial charge on any atom is 0.394 e. The van der Waals surface area contributed by atoms with Crippen molar-refractivity contribution in [2.24, 2.45) is 5.41 Å². The van der Waals surface area contributed by atoms with Crippen LogP contribution in [0.1, 0.15) is 20.3 Å². The third kappa shape index (κ3) is 4.25. The summed E-state index contributed by atoms with van der Waals surface area (Å²) in [7, 11) is 0. The van der Waals surface area contributed by atoms with Crippen molar-refractivity contribution < 1.29 is 27.9 Å². The monoisotopic (exact) mass is 293 g/mol. The van der Waals surface area contributed by atoms with E-state index in [2.05, 4.69) is 10.4 Å². The zero-order chi connectivity index (χ0) is 15.6. The lowest BCUT2D eigenvalue weighted by molar-refractivity contribution is -0.213. The molecule has 1 heterocycles. The van der Waals surface area contributed by atoms with E-state index in [1.54, 1.807) is 0 Å². The molecule has 112 valence electrons. The fourth-order valence-corrected chi connectivity index (χ4v) is 1.36. The molecule has 0 atom stereocenters. The van der Waals surface area contributed by atoms with E-state index in [-0.39, 0.29) is 5.69 Å². The highest BCUT2D eigenvalue weighted by atomic mass is 19.4. The van der Waals surface area contributed by atoms with Gasteiger partial charge in [0.15, 0.2) is 0 Å². The van der Waals surface area contributed by atoms with Gasteiger partial charge in [-0.05, 0) is 0 Å². The topological polar surface area (TPSA) is 84.2 Å². The second-order valence-corrected chi connectivity index (χ2v) is 4.93. The summed E-state index contributed by atoms with van der Waals surface area (Å²) in [6.45, 7) is 1.46. The first-order chi connectivity index (χ1) is 9.01. The number of nitrogens with zero attached hydrogens (tertiary/aromatic N) is 2. The molecule has 1 aromatic rings. The fourth-order valence-electron chi connectivity index (χ4n) is 1.36. The molecule has 0 spiro atoms. The van der Waals surface area contributed by atoms with Crippen LogP contribution in [0.3, 0.4) is 0 Å². The summed E-state index contributed by atoms with van der Waals surface area (Å²) in [5.41, 5.74) is -2.00. The number of anilines is 1. The van der Waals surface area contributed by atoms with Crippen LogP contribution in [0.5, 0.6) is 0 Å². The van der Waals surface area contributed by atoms with E-state index in [0.29, 0.717) is 0 Å². The Balaban J connectivity index is 2.63. The maximum absolute atomic E-state index is 12.6. The van der Waals surface area contributed by atoms with Crippen molar-refractivity contribution in [1.29, 1.82) is 0 Å². The highest BCUT2D eigenvalue weighted by Gasteiger charge is 2.48. The largest absolute Gasteiger partial charge is 0.480 e. The number of carbonyl (C=O) groups is 2. The Morgan fingerprint density at radius 2 is 2.00 bits per heavy atom. The molecule has 0 aliphatic heterocycles. The molecule has 9 heteroatoms. The van der Waals surface area contributed by atoms with Crippen molar-refractivity contribution in [3.63, 3.8) is 0 Å². The van der Waals surface area contributed by atoms with Crippen molar-refractivity contribution >= 4 is 17.6 Å². The fraction of sp³-hybridized carbons (Fsp3) is 0.545. The van der Waals surface area contributed by atoms with E-state index in [1.807, 2.05) is 0 Å². The zero-order valence-electron chi connectivity index (χ0n) is 10.9. The number of amides is 1. The number of carbonyl (C=O) groups excluding carboxylic acids is 1. The molecule has 20 heavy (non-hydrogen) atoms. The van der Waals surface area contributed by atoms with Gasteiger partial charge in [-0.1, -0.05) is 13.8 Å². The molecule has 0 unspecified atom stereocenters. The number of halogens is 3. The second kappa shape index (κ2) is 5.51. The molecule has 0 bridgehead atoms. The number of aromatic nitrogens is 2. The maximum atomic E-state index is 12.6. The minimum absolute atomic E-state index is 0.147. The van der Waals surface area contributed by atoms with Crippen molar-refractivity contribution in [1.82, 2.24) is 9.78 Å². The van der Waals surface area contributed by atoms with Gasteiger partial charge in [-0.3, -0.25) is 14.3 Å². The van der Waals surface area contributed by atoms with Crippen LogP contribution >= 0.6 is 0 Å². The first kappa shape index (κ1) is 16.0. The summed E-state index contributed by atoms with van der Waals surface area (Å²) in [5, 5.41) is 14.4. The van der Waals surface area contributed by atoms with Crippen LogP contribution in [0.25, 0.3) is 0 Å². The summed E-state index contributed by atoms with van der Waals surface area (Å²) in [6.07, 6.45) is -2.83. The minimum Gasteiger partial charge on any atom is -0.480 e. The molecular formula is C11H14F3N3O3. The summed E-state index contributed by atoms with van der Waals surface area (Å²) in [5.74, 6) is -1.94. The highest BCUT2D eigenvalue weighted by molar-refractivity contribution is 5.90.